The third kappa shape index (κ3) is 11.1. The third-order valence-electron chi connectivity index (χ3n) is 6.46. The van der Waals surface area contributed by atoms with Crippen LogP contribution in [0.5, 0.6) is 11.5 Å². The molecule has 12 nitrogen and oxygen atoms in total. The molecule has 2 unspecified atom stereocenters. The molecule has 0 aliphatic rings. The lowest BCUT2D eigenvalue weighted by Gasteiger charge is -2.31. The Morgan fingerprint density at radius 1 is 0.609 bits per heavy atom. The molecule has 46 heavy (non-hydrogen) atoms. The van der Waals surface area contributed by atoms with Crippen LogP contribution in [-0.4, -0.2) is 88.7 Å². The number of rotatable bonds is 19. The van der Waals surface area contributed by atoms with Gasteiger partial charge in [0.25, 0.3) is 0 Å². The fourth-order valence-corrected chi connectivity index (χ4v) is 4.31. The second kappa shape index (κ2) is 19.0. The van der Waals surface area contributed by atoms with Gasteiger partial charge in [0.05, 0.1) is 37.8 Å². The number of hydrogen-bond donors (Lipinski definition) is 0. The minimum absolute atomic E-state index is 0.0972. The summed E-state index contributed by atoms with van der Waals surface area (Å²) in [6.45, 7) is 8.92. The first-order valence-corrected chi connectivity index (χ1v) is 15.0. The maximum absolute atomic E-state index is 14.4. The van der Waals surface area contributed by atoms with Crippen molar-refractivity contribution in [2.45, 2.75) is 53.6 Å². The SMILES string of the molecule is CCOC(=O)CN(c1cc(F)ccc1OCCOc1ccc(F)cc1N(CC(=O)OCC)C(C)C(=O)OCC)C(C)C(=O)OCC. The number of esters is 4. The average Bonchev–Trinajstić information content (AvgIpc) is 3.01. The van der Waals surface area contributed by atoms with Gasteiger partial charge in [-0.2, -0.15) is 0 Å². The van der Waals surface area contributed by atoms with E-state index in [2.05, 4.69) is 0 Å². The number of nitrogens with zero attached hydrogens (tertiary/aromatic N) is 2. The van der Waals surface area contributed by atoms with Gasteiger partial charge in [-0.3, -0.25) is 9.59 Å². The van der Waals surface area contributed by atoms with Gasteiger partial charge in [0.2, 0.25) is 0 Å². The predicted molar refractivity (Wildman–Crippen MR) is 164 cm³/mol. The summed E-state index contributed by atoms with van der Waals surface area (Å²) in [5.74, 6) is -3.60. The van der Waals surface area contributed by atoms with Crippen LogP contribution in [0.4, 0.5) is 20.2 Å². The van der Waals surface area contributed by atoms with Crippen LogP contribution in [0.15, 0.2) is 36.4 Å². The van der Waals surface area contributed by atoms with E-state index >= 15 is 0 Å². The van der Waals surface area contributed by atoms with Crippen molar-refractivity contribution in [3.05, 3.63) is 48.0 Å². The molecule has 2 rings (SSSR count). The van der Waals surface area contributed by atoms with E-state index in [-0.39, 0.29) is 62.5 Å². The molecule has 0 heterocycles. The highest BCUT2D eigenvalue weighted by molar-refractivity contribution is 5.86. The molecule has 0 bridgehead atoms. The summed E-state index contributed by atoms with van der Waals surface area (Å²) in [5.41, 5.74) is 0.194. The zero-order chi connectivity index (χ0) is 34.2. The van der Waals surface area contributed by atoms with Gasteiger partial charge in [0.1, 0.15) is 61.5 Å². The summed E-state index contributed by atoms with van der Waals surface area (Å²) in [6, 6.07) is 5.22. The summed E-state index contributed by atoms with van der Waals surface area (Å²) >= 11 is 0. The van der Waals surface area contributed by atoms with Gasteiger partial charge in [-0.15, -0.1) is 0 Å². The van der Waals surface area contributed by atoms with Crippen LogP contribution in [0.1, 0.15) is 41.5 Å². The van der Waals surface area contributed by atoms with Crippen LogP contribution in [-0.2, 0) is 38.1 Å². The van der Waals surface area contributed by atoms with Crippen LogP contribution in [0.2, 0.25) is 0 Å². The van der Waals surface area contributed by atoms with Gasteiger partial charge in [-0.1, -0.05) is 0 Å². The standard InChI is InChI=1S/C32H42F2N2O10/c1-7-41-29(37)19-35(21(5)31(39)43-9-3)25-17-23(33)11-13-27(25)45-15-16-46-28-14-12-24(34)18-26(28)36(20-30(38)42-8-2)22(6)32(40)44-10-4/h11-14,17-18,21-22H,7-10,15-16,19-20H2,1-6H3. The average molecular weight is 653 g/mol. The molecule has 0 amide bonds. The van der Waals surface area contributed by atoms with Crippen LogP contribution >= 0.6 is 0 Å². The van der Waals surface area contributed by atoms with Crippen LogP contribution in [0.3, 0.4) is 0 Å². The Kier molecular flexibility index (Phi) is 15.5. The smallest absolute Gasteiger partial charge is 0.328 e. The van der Waals surface area contributed by atoms with Crippen molar-refractivity contribution in [3.8, 4) is 11.5 Å². The number of hydrogen-bond acceptors (Lipinski definition) is 12. The molecular formula is C32H42F2N2O10. The monoisotopic (exact) mass is 652 g/mol. The number of benzene rings is 2. The van der Waals surface area contributed by atoms with E-state index in [0.29, 0.717) is 0 Å². The molecule has 14 heteroatoms. The fraction of sp³-hybridized carbons (Fsp3) is 0.500. The van der Waals surface area contributed by atoms with Gasteiger partial charge < -0.3 is 38.2 Å². The minimum Gasteiger partial charge on any atom is -0.488 e. The number of anilines is 2. The van der Waals surface area contributed by atoms with Gasteiger partial charge in [0, 0.05) is 12.1 Å². The summed E-state index contributed by atoms with van der Waals surface area (Å²) in [6.07, 6.45) is 0. The Balaban J connectivity index is 2.33. The van der Waals surface area contributed by atoms with Crippen molar-refractivity contribution in [2.24, 2.45) is 0 Å². The van der Waals surface area contributed by atoms with E-state index in [1.165, 1.54) is 35.8 Å². The molecule has 0 aromatic heterocycles. The molecule has 0 N–H and O–H groups in total. The molecule has 0 radical (unpaired) electrons. The maximum atomic E-state index is 14.4. The summed E-state index contributed by atoms with van der Waals surface area (Å²) in [7, 11) is 0. The van der Waals surface area contributed by atoms with Gasteiger partial charge >= 0.3 is 23.9 Å². The van der Waals surface area contributed by atoms with Crippen molar-refractivity contribution >= 4 is 35.3 Å². The summed E-state index contributed by atoms with van der Waals surface area (Å²) < 4.78 is 61.0. The van der Waals surface area contributed by atoms with E-state index in [1.54, 1.807) is 27.7 Å². The van der Waals surface area contributed by atoms with Crippen molar-refractivity contribution in [3.63, 3.8) is 0 Å². The van der Waals surface area contributed by atoms with E-state index < -0.39 is 60.7 Å². The molecule has 0 fully saturated rings. The molecule has 0 aliphatic heterocycles. The van der Waals surface area contributed by atoms with Crippen LogP contribution in [0.25, 0.3) is 0 Å². The Hall–Kier alpha value is -4.62. The van der Waals surface area contributed by atoms with Crippen LogP contribution < -0.4 is 19.3 Å². The zero-order valence-corrected chi connectivity index (χ0v) is 27.0. The van der Waals surface area contributed by atoms with E-state index in [0.717, 1.165) is 24.3 Å². The van der Waals surface area contributed by atoms with Crippen LogP contribution in [0, 0.1) is 11.6 Å². The predicted octanol–water partition coefficient (Wildman–Crippen LogP) is 4.06. The van der Waals surface area contributed by atoms with Crippen molar-refractivity contribution in [1.29, 1.82) is 0 Å². The third-order valence-corrected chi connectivity index (χ3v) is 6.46. The van der Waals surface area contributed by atoms with E-state index in [1.807, 2.05) is 0 Å². The van der Waals surface area contributed by atoms with Crippen molar-refractivity contribution in [1.82, 2.24) is 0 Å². The molecule has 0 aliphatic carbocycles. The Morgan fingerprint density at radius 3 is 1.28 bits per heavy atom. The number of ether oxygens (including phenoxy) is 6. The molecule has 2 aromatic carbocycles. The first-order chi connectivity index (χ1) is 22.0. The number of carbonyl (C=O) groups is 4. The zero-order valence-electron chi connectivity index (χ0n) is 27.0. The Morgan fingerprint density at radius 2 is 0.957 bits per heavy atom. The molecule has 0 saturated heterocycles. The fourth-order valence-electron chi connectivity index (χ4n) is 4.31. The van der Waals surface area contributed by atoms with Gasteiger partial charge in [-0.25, -0.2) is 18.4 Å². The lowest BCUT2D eigenvalue weighted by molar-refractivity contribution is -0.146. The molecule has 0 saturated carbocycles. The molecule has 2 aromatic rings. The van der Waals surface area contributed by atoms with E-state index in [4.69, 9.17) is 28.4 Å². The molecular weight excluding hydrogens is 610 g/mol. The van der Waals surface area contributed by atoms with Crippen molar-refractivity contribution < 1.29 is 56.4 Å². The highest BCUT2D eigenvalue weighted by atomic mass is 19.1. The first-order valence-electron chi connectivity index (χ1n) is 15.0. The largest absolute Gasteiger partial charge is 0.488 e. The molecule has 0 spiro atoms. The Labute approximate surface area is 267 Å². The normalized spacial score (nSPS) is 11.9. The maximum Gasteiger partial charge on any atom is 0.328 e. The molecule has 254 valence electrons. The summed E-state index contributed by atoms with van der Waals surface area (Å²) in [4.78, 5) is 52.6. The highest BCUT2D eigenvalue weighted by Gasteiger charge is 2.30. The van der Waals surface area contributed by atoms with Gasteiger partial charge in [-0.05, 0) is 65.8 Å². The lowest BCUT2D eigenvalue weighted by atomic mass is 10.2. The van der Waals surface area contributed by atoms with E-state index in [9.17, 15) is 28.0 Å². The Bertz CT molecular complexity index is 1230. The highest BCUT2D eigenvalue weighted by Crippen LogP contribution is 2.33. The minimum atomic E-state index is -1.00. The quantitative estimate of drug-likeness (QED) is 0.123. The topological polar surface area (TPSA) is 130 Å². The number of halogens is 2. The lowest BCUT2D eigenvalue weighted by Crippen LogP contribution is -2.44. The van der Waals surface area contributed by atoms with Crippen molar-refractivity contribution in [2.75, 3.05) is 62.5 Å². The molecule has 2 atom stereocenters. The second-order valence-electron chi connectivity index (χ2n) is 9.64. The second-order valence-corrected chi connectivity index (χ2v) is 9.64. The number of carbonyl (C=O) groups excluding carboxylic acids is 4. The summed E-state index contributed by atoms with van der Waals surface area (Å²) in [5, 5.41) is 0. The first kappa shape index (κ1) is 37.6. The van der Waals surface area contributed by atoms with Gasteiger partial charge in [0.15, 0.2) is 0 Å².